The Morgan fingerprint density at radius 3 is 1.59 bits per heavy atom. The van der Waals surface area contributed by atoms with Gasteiger partial charge in [-0.05, 0) is 51.4 Å². The number of rotatable bonds is 36. The molecule has 0 aliphatic rings. The van der Waals surface area contributed by atoms with Crippen LogP contribution in [0.1, 0.15) is 155 Å². The average Bonchev–Trinajstić information content (AvgIpc) is 3.12. The third-order valence-corrected chi connectivity index (χ3v) is 8.94. The molecular formula is C40H71O10P. The summed E-state index contributed by atoms with van der Waals surface area (Å²) in [5.41, 5.74) is 0. The van der Waals surface area contributed by atoms with Crippen molar-refractivity contribution in [1.82, 2.24) is 0 Å². The number of allylic oxidation sites excluding steroid dienone is 8. The lowest BCUT2D eigenvalue weighted by molar-refractivity contribution is -0.161. The van der Waals surface area contributed by atoms with Crippen LogP contribution in [-0.2, 0) is 32.7 Å². The summed E-state index contributed by atoms with van der Waals surface area (Å²) < 4.78 is 32.4. The van der Waals surface area contributed by atoms with Gasteiger partial charge in [0.15, 0.2) is 6.10 Å². The van der Waals surface area contributed by atoms with Gasteiger partial charge < -0.3 is 24.6 Å². The molecule has 0 saturated carbocycles. The van der Waals surface area contributed by atoms with Gasteiger partial charge in [-0.25, -0.2) is 4.57 Å². The highest BCUT2D eigenvalue weighted by molar-refractivity contribution is 7.47. The van der Waals surface area contributed by atoms with E-state index in [-0.39, 0.29) is 19.4 Å². The fourth-order valence-corrected chi connectivity index (χ4v) is 5.71. The van der Waals surface area contributed by atoms with E-state index < -0.39 is 51.8 Å². The molecule has 0 aromatic rings. The first kappa shape index (κ1) is 48.9. The van der Waals surface area contributed by atoms with Crippen LogP contribution in [0.4, 0.5) is 0 Å². The summed E-state index contributed by atoms with van der Waals surface area (Å²) in [6.45, 7) is 2.24. The molecule has 0 heterocycles. The lowest BCUT2D eigenvalue weighted by Crippen LogP contribution is -2.29. The van der Waals surface area contributed by atoms with Crippen LogP contribution in [0.3, 0.4) is 0 Å². The second-order valence-corrected chi connectivity index (χ2v) is 14.4. The van der Waals surface area contributed by atoms with Gasteiger partial charge in [-0.1, -0.05) is 140 Å². The van der Waals surface area contributed by atoms with E-state index in [1.807, 2.05) is 12.2 Å². The Kier molecular flexibility index (Phi) is 34.8. The Morgan fingerprint density at radius 1 is 0.588 bits per heavy atom. The molecule has 0 amide bonds. The molecule has 0 rings (SSSR count). The van der Waals surface area contributed by atoms with Crippen molar-refractivity contribution in [3.8, 4) is 0 Å². The van der Waals surface area contributed by atoms with Crippen LogP contribution >= 0.6 is 7.82 Å². The molecule has 296 valence electrons. The molecule has 0 bridgehead atoms. The molecule has 3 N–H and O–H groups in total. The number of phosphoric ester groups is 1. The van der Waals surface area contributed by atoms with Crippen LogP contribution in [-0.4, -0.2) is 65.7 Å². The zero-order valence-corrected chi connectivity index (χ0v) is 32.7. The Morgan fingerprint density at radius 2 is 1.04 bits per heavy atom. The number of esters is 2. The van der Waals surface area contributed by atoms with Gasteiger partial charge in [0.1, 0.15) is 12.7 Å². The number of phosphoric acid groups is 1. The van der Waals surface area contributed by atoms with E-state index in [0.29, 0.717) is 19.3 Å². The number of aliphatic hydroxyl groups excluding tert-OH is 2. The SMILES string of the molecule is CCCCCCCCC/C=C/C/C=C/C/C=C/C/C=C/CCCC(=O)O[C@H](COC(=O)CCCCCCCCC)COP(=O)(O)OC[C@@H](O)CO. The number of carbonyl (C=O) groups excluding carboxylic acids is 2. The number of aliphatic hydroxyl groups is 2. The molecule has 0 aliphatic carbocycles. The highest BCUT2D eigenvalue weighted by Crippen LogP contribution is 2.43. The molecule has 0 aliphatic heterocycles. The van der Waals surface area contributed by atoms with E-state index in [2.05, 4.69) is 54.8 Å². The second kappa shape index (κ2) is 36.3. The van der Waals surface area contributed by atoms with E-state index in [1.54, 1.807) is 0 Å². The van der Waals surface area contributed by atoms with Crippen molar-refractivity contribution >= 4 is 19.8 Å². The molecule has 11 heteroatoms. The predicted molar refractivity (Wildman–Crippen MR) is 205 cm³/mol. The van der Waals surface area contributed by atoms with Gasteiger partial charge in [-0.15, -0.1) is 0 Å². The first-order chi connectivity index (χ1) is 24.7. The Bertz CT molecular complexity index is 994. The van der Waals surface area contributed by atoms with Gasteiger partial charge in [-0.2, -0.15) is 0 Å². The Balaban J connectivity index is 4.37. The molecule has 0 aromatic heterocycles. The van der Waals surface area contributed by atoms with E-state index >= 15 is 0 Å². The number of unbranched alkanes of at least 4 members (excludes halogenated alkanes) is 14. The van der Waals surface area contributed by atoms with Crippen molar-refractivity contribution in [3.63, 3.8) is 0 Å². The maximum atomic E-state index is 12.5. The van der Waals surface area contributed by atoms with Crippen molar-refractivity contribution in [1.29, 1.82) is 0 Å². The minimum absolute atomic E-state index is 0.108. The summed E-state index contributed by atoms with van der Waals surface area (Å²) in [5, 5.41) is 18.2. The monoisotopic (exact) mass is 742 g/mol. The number of ether oxygens (including phenoxy) is 2. The lowest BCUT2D eigenvalue weighted by Gasteiger charge is -2.20. The van der Waals surface area contributed by atoms with Crippen molar-refractivity contribution in [2.45, 2.75) is 167 Å². The first-order valence-corrected chi connectivity index (χ1v) is 21.1. The first-order valence-electron chi connectivity index (χ1n) is 19.6. The maximum Gasteiger partial charge on any atom is 0.472 e. The number of hydrogen-bond donors (Lipinski definition) is 3. The highest BCUT2D eigenvalue weighted by Gasteiger charge is 2.27. The third-order valence-electron chi connectivity index (χ3n) is 7.99. The summed E-state index contributed by atoms with van der Waals surface area (Å²) in [7, 11) is -4.62. The summed E-state index contributed by atoms with van der Waals surface area (Å²) in [5.74, 6) is -1.00. The zero-order chi connectivity index (χ0) is 37.7. The molecule has 10 nitrogen and oxygen atoms in total. The molecule has 51 heavy (non-hydrogen) atoms. The van der Waals surface area contributed by atoms with Crippen LogP contribution in [0, 0.1) is 0 Å². The molecule has 0 fully saturated rings. The fourth-order valence-electron chi connectivity index (χ4n) is 4.93. The minimum Gasteiger partial charge on any atom is -0.462 e. The van der Waals surface area contributed by atoms with Crippen LogP contribution in [0.2, 0.25) is 0 Å². The Hall–Kier alpha value is -2.07. The number of carbonyl (C=O) groups is 2. The van der Waals surface area contributed by atoms with Gasteiger partial charge in [0.05, 0.1) is 19.8 Å². The predicted octanol–water partition coefficient (Wildman–Crippen LogP) is 9.77. The van der Waals surface area contributed by atoms with Crippen LogP contribution in [0.5, 0.6) is 0 Å². The van der Waals surface area contributed by atoms with Crippen LogP contribution in [0.25, 0.3) is 0 Å². The fraction of sp³-hybridized carbons (Fsp3) is 0.750. The third kappa shape index (κ3) is 36.1. The standard InChI is InChI=1S/C40H71O10P/c1-3-5-7-9-11-12-13-14-15-16-17-18-19-20-21-22-23-24-26-28-30-32-40(44)50-38(36-49-51(45,46)48-34-37(42)33-41)35-47-39(43)31-29-27-25-10-8-6-4-2/h15-16,18-19,21-22,24,26,37-38,41-42H,3-14,17,20,23,25,27-36H2,1-2H3,(H,45,46)/b16-15+,19-18+,22-21+,26-24+/t37-,38+/m0/s1. The largest absolute Gasteiger partial charge is 0.472 e. The van der Waals surface area contributed by atoms with E-state index in [9.17, 15) is 24.2 Å². The summed E-state index contributed by atoms with van der Waals surface area (Å²) in [4.78, 5) is 34.6. The van der Waals surface area contributed by atoms with E-state index in [4.69, 9.17) is 19.1 Å². The topological polar surface area (TPSA) is 149 Å². The normalized spacial score (nSPS) is 14.5. The maximum absolute atomic E-state index is 12.5. The highest BCUT2D eigenvalue weighted by atomic mass is 31.2. The summed E-state index contributed by atoms with van der Waals surface area (Å²) >= 11 is 0. The minimum atomic E-state index is -4.62. The molecule has 0 radical (unpaired) electrons. The molecule has 0 spiro atoms. The van der Waals surface area contributed by atoms with Gasteiger partial charge in [0.25, 0.3) is 0 Å². The van der Waals surface area contributed by atoms with Crippen molar-refractivity contribution in [3.05, 3.63) is 48.6 Å². The van der Waals surface area contributed by atoms with Gasteiger partial charge in [0.2, 0.25) is 0 Å². The average molecular weight is 743 g/mol. The number of hydrogen-bond acceptors (Lipinski definition) is 9. The van der Waals surface area contributed by atoms with E-state index in [1.165, 1.54) is 70.6 Å². The molecule has 0 saturated heterocycles. The molecule has 1 unspecified atom stereocenters. The zero-order valence-electron chi connectivity index (χ0n) is 31.8. The van der Waals surface area contributed by atoms with Gasteiger partial charge in [0, 0.05) is 12.8 Å². The van der Waals surface area contributed by atoms with Crippen LogP contribution in [0.15, 0.2) is 48.6 Å². The Labute approximate surface area is 309 Å². The summed E-state index contributed by atoms with van der Waals surface area (Å²) in [6.07, 6.45) is 36.9. The second-order valence-electron chi connectivity index (χ2n) is 13.0. The van der Waals surface area contributed by atoms with Crippen molar-refractivity contribution in [2.75, 3.05) is 26.4 Å². The van der Waals surface area contributed by atoms with Crippen LogP contribution < -0.4 is 0 Å². The molecule has 0 aromatic carbocycles. The van der Waals surface area contributed by atoms with Crippen molar-refractivity contribution < 1.29 is 47.8 Å². The summed E-state index contributed by atoms with van der Waals surface area (Å²) in [6, 6.07) is 0. The smallest absolute Gasteiger partial charge is 0.462 e. The van der Waals surface area contributed by atoms with Gasteiger partial charge >= 0.3 is 19.8 Å². The molecular weight excluding hydrogens is 671 g/mol. The quantitative estimate of drug-likeness (QED) is 0.0245. The molecule has 3 atom stereocenters. The van der Waals surface area contributed by atoms with Gasteiger partial charge in [-0.3, -0.25) is 18.6 Å². The van der Waals surface area contributed by atoms with Crippen molar-refractivity contribution in [2.24, 2.45) is 0 Å². The van der Waals surface area contributed by atoms with E-state index in [0.717, 1.165) is 38.5 Å². The lowest BCUT2D eigenvalue weighted by atomic mass is 10.1.